The van der Waals surface area contributed by atoms with E-state index in [4.69, 9.17) is 4.74 Å². The van der Waals surface area contributed by atoms with E-state index in [1.807, 2.05) is 43.3 Å². The van der Waals surface area contributed by atoms with Crippen LogP contribution in [-0.4, -0.2) is 23.2 Å². The van der Waals surface area contributed by atoms with Crippen LogP contribution in [0.2, 0.25) is 0 Å². The number of nitrogens with one attached hydrogen (secondary N) is 1. The van der Waals surface area contributed by atoms with Gasteiger partial charge in [0.25, 0.3) is 0 Å². The van der Waals surface area contributed by atoms with Crippen LogP contribution in [0.1, 0.15) is 18.6 Å². The number of ether oxygens (including phenoxy) is 1. The van der Waals surface area contributed by atoms with Gasteiger partial charge in [0.15, 0.2) is 0 Å². The molecule has 0 radical (unpaired) electrons. The molecule has 0 spiro atoms. The van der Waals surface area contributed by atoms with E-state index in [9.17, 15) is 5.11 Å². The average molecular weight is 258 g/mol. The lowest BCUT2D eigenvalue weighted by atomic mass is 10.1. The molecule has 1 aromatic heterocycles. The fourth-order valence-electron chi connectivity index (χ4n) is 1.75. The number of rotatable bonds is 6. The highest BCUT2D eigenvalue weighted by Gasteiger charge is 2.06. The van der Waals surface area contributed by atoms with E-state index in [0.717, 1.165) is 17.0 Å². The number of hydrogen-bond acceptors (Lipinski definition) is 4. The number of anilines is 1. The lowest BCUT2D eigenvalue weighted by Gasteiger charge is -2.13. The van der Waals surface area contributed by atoms with Crippen LogP contribution in [0.4, 0.5) is 5.69 Å². The Labute approximate surface area is 113 Å². The van der Waals surface area contributed by atoms with Crippen molar-refractivity contribution in [3.05, 3.63) is 54.4 Å². The summed E-state index contributed by atoms with van der Waals surface area (Å²) in [6.45, 7) is 3.07. The van der Waals surface area contributed by atoms with Gasteiger partial charge in [-0.25, -0.2) is 0 Å². The van der Waals surface area contributed by atoms with Gasteiger partial charge in [0.2, 0.25) is 0 Å². The molecule has 2 aromatic rings. The SMILES string of the molecule is CCOc1ccc(NCC(O)c2ccncc2)cc1. The molecule has 4 nitrogen and oxygen atoms in total. The summed E-state index contributed by atoms with van der Waals surface area (Å²) in [7, 11) is 0. The Bertz CT molecular complexity index is 485. The second-order valence-corrected chi connectivity index (χ2v) is 4.13. The molecule has 1 atom stereocenters. The first-order valence-corrected chi connectivity index (χ1v) is 6.34. The Kier molecular flexibility index (Phi) is 4.75. The van der Waals surface area contributed by atoms with Crippen LogP contribution in [0, 0.1) is 0 Å². The molecule has 0 aliphatic heterocycles. The van der Waals surface area contributed by atoms with Crippen molar-refractivity contribution in [2.24, 2.45) is 0 Å². The van der Waals surface area contributed by atoms with E-state index in [1.165, 1.54) is 0 Å². The van der Waals surface area contributed by atoms with Gasteiger partial charge in [-0.15, -0.1) is 0 Å². The molecule has 100 valence electrons. The Hall–Kier alpha value is -2.07. The van der Waals surface area contributed by atoms with Crippen LogP contribution in [0.25, 0.3) is 0 Å². The third-order valence-corrected chi connectivity index (χ3v) is 2.76. The molecular weight excluding hydrogens is 240 g/mol. The second-order valence-electron chi connectivity index (χ2n) is 4.13. The molecule has 1 aromatic carbocycles. The van der Waals surface area contributed by atoms with E-state index in [2.05, 4.69) is 10.3 Å². The zero-order valence-electron chi connectivity index (χ0n) is 10.9. The maximum Gasteiger partial charge on any atom is 0.119 e. The molecule has 2 N–H and O–H groups in total. The van der Waals surface area contributed by atoms with Crippen LogP contribution in [0.5, 0.6) is 5.75 Å². The van der Waals surface area contributed by atoms with Crippen LogP contribution in [0.3, 0.4) is 0 Å². The Morgan fingerprint density at radius 3 is 2.47 bits per heavy atom. The van der Waals surface area contributed by atoms with Gasteiger partial charge in [-0.2, -0.15) is 0 Å². The first kappa shape index (κ1) is 13.4. The van der Waals surface area contributed by atoms with E-state index in [0.29, 0.717) is 13.2 Å². The normalized spacial score (nSPS) is 11.9. The Morgan fingerprint density at radius 1 is 1.16 bits per heavy atom. The summed E-state index contributed by atoms with van der Waals surface area (Å²) < 4.78 is 5.37. The summed E-state index contributed by atoms with van der Waals surface area (Å²) in [5.74, 6) is 0.850. The molecule has 0 fully saturated rings. The molecule has 0 amide bonds. The monoisotopic (exact) mass is 258 g/mol. The first-order chi connectivity index (χ1) is 9.29. The highest BCUT2D eigenvalue weighted by molar-refractivity contribution is 5.46. The molecule has 4 heteroatoms. The quantitative estimate of drug-likeness (QED) is 0.836. The van der Waals surface area contributed by atoms with E-state index >= 15 is 0 Å². The summed E-state index contributed by atoms with van der Waals surface area (Å²) in [6.07, 6.45) is 2.81. The van der Waals surface area contributed by atoms with Gasteiger partial charge in [0.1, 0.15) is 5.75 Å². The molecule has 0 aliphatic rings. The Morgan fingerprint density at radius 2 is 1.84 bits per heavy atom. The maximum absolute atomic E-state index is 10.0. The molecular formula is C15H18N2O2. The minimum Gasteiger partial charge on any atom is -0.494 e. The first-order valence-electron chi connectivity index (χ1n) is 6.34. The lowest BCUT2D eigenvalue weighted by molar-refractivity contribution is 0.191. The topological polar surface area (TPSA) is 54.4 Å². The summed E-state index contributed by atoms with van der Waals surface area (Å²) in [5.41, 5.74) is 1.81. The van der Waals surface area contributed by atoms with Crippen LogP contribution in [-0.2, 0) is 0 Å². The number of aromatic nitrogens is 1. The summed E-state index contributed by atoms with van der Waals surface area (Å²) >= 11 is 0. The van der Waals surface area contributed by atoms with Gasteiger partial charge >= 0.3 is 0 Å². The molecule has 0 aliphatic carbocycles. The molecule has 0 saturated carbocycles. The van der Waals surface area contributed by atoms with Gasteiger partial charge in [-0.1, -0.05) is 0 Å². The lowest BCUT2D eigenvalue weighted by Crippen LogP contribution is -2.12. The number of hydrogen-bond donors (Lipinski definition) is 2. The number of aliphatic hydroxyl groups excluding tert-OH is 1. The van der Waals surface area contributed by atoms with E-state index in [-0.39, 0.29) is 0 Å². The number of nitrogens with zero attached hydrogens (tertiary/aromatic N) is 1. The fraction of sp³-hybridized carbons (Fsp3) is 0.267. The largest absolute Gasteiger partial charge is 0.494 e. The van der Waals surface area contributed by atoms with Crippen LogP contribution in [0.15, 0.2) is 48.8 Å². The van der Waals surface area contributed by atoms with Crippen molar-refractivity contribution in [3.8, 4) is 5.75 Å². The van der Waals surface area contributed by atoms with Gasteiger partial charge in [-0.05, 0) is 48.9 Å². The molecule has 2 rings (SSSR count). The summed E-state index contributed by atoms with van der Waals surface area (Å²) in [6, 6.07) is 11.3. The predicted molar refractivity (Wildman–Crippen MR) is 75.3 cm³/mol. The molecule has 0 bridgehead atoms. The van der Waals surface area contributed by atoms with Crippen molar-refractivity contribution in [1.82, 2.24) is 4.98 Å². The second kappa shape index (κ2) is 6.75. The number of pyridine rings is 1. The molecule has 0 saturated heterocycles. The van der Waals surface area contributed by atoms with Crippen molar-refractivity contribution >= 4 is 5.69 Å². The summed E-state index contributed by atoms with van der Waals surface area (Å²) in [4.78, 5) is 3.93. The van der Waals surface area contributed by atoms with Gasteiger partial charge in [0.05, 0.1) is 12.7 Å². The Balaban J connectivity index is 1.88. The molecule has 19 heavy (non-hydrogen) atoms. The third-order valence-electron chi connectivity index (χ3n) is 2.76. The third kappa shape index (κ3) is 3.96. The van der Waals surface area contributed by atoms with Gasteiger partial charge in [-0.3, -0.25) is 4.98 Å². The van der Waals surface area contributed by atoms with E-state index < -0.39 is 6.10 Å². The highest BCUT2D eigenvalue weighted by atomic mass is 16.5. The van der Waals surface area contributed by atoms with Crippen molar-refractivity contribution in [3.63, 3.8) is 0 Å². The molecule has 1 heterocycles. The maximum atomic E-state index is 10.0. The van der Waals surface area contributed by atoms with Gasteiger partial charge < -0.3 is 15.2 Å². The predicted octanol–water partition coefficient (Wildman–Crippen LogP) is 2.63. The smallest absolute Gasteiger partial charge is 0.119 e. The zero-order chi connectivity index (χ0) is 13.5. The zero-order valence-corrected chi connectivity index (χ0v) is 10.9. The highest BCUT2D eigenvalue weighted by Crippen LogP contribution is 2.17. The minimum absolute atomic E-state index is 0.456. The summed E-state index contributed by atoms with van der Waals surface area (Å²) in [5, 5.41) is 13.2. The van der Waals surface area contributed by atoms with Crippen molar-refractivity contribution < 1.29 is 9.84 Å². The number of aliphatic hydroxyl groups is 1. The standard InChI is InChI=1S/C15H18N2O2/c1-2-19-14-5-3-13(4-6-14)17-11-15(18)12-7-9-16-10-8-12/h3-10,15,17-18H,2,11H2,1H3. The van der Waals surface area contributed by atoms with Crippen molar-refractivity contribution in [1.29, 1.82) is 0 Å². The van der Waals surface area contributed by atoms with Crippen LogP contribution >= 0.6 is 0 Å². The van der Waals surface area contributed by atoms with Crippen LogP contribution < -0.4 is 10.1 Å². The van der Waals surface area contributed by atoms with Crippen molar-refractivity contribution in [2.45, 2.75) is 13.0 Å². The molecule has 1 unspecified atom stereocenters. The van der Waals surface area contributed by atoms with Gasteiger partial charge in [0, 0.05) is 24.6 Å². The number of benzene rings is 1. The fourth-order valence-corrected chi connectivity index (χ4v) is 1.75. The van der Waals surface area contributed by atoms with Crippen molar-refractivity contribution in [2.75, 3.05) is 18.5 Å². The minimum atomic E-state index is -0.547. The van der Waals surface area contributed by atoms with E-state index in [1.54, 1.807) is 12.4 Å². The average Bonchev–Trinajstić information content (AvgIpc) is 2.47.